The molecule has 0 aliphatic carbocycles. The van der Waals surface area contributed by atoms with Gasteiger partial charge in [0.25, 0.3) is 0 Å². The number of aromatic nitrogens is 1. The molecule has 2 fully saturated rings. The molecule has 0 saturated carbocycles. The zero-order valence-electron chi connectivity index (χ0n) is 27.1. The Morgan fingerprint density at radius 2 is 1.60 bits per heavy atom. The quantitative estimate of drug-likeness (QED) is 0.301. The second kappa shape index (κ2) is 15.9. The number of pyridine rings is 1. The lowest BCUT2D eigenvalue weighted by Gasteiger charge is -2.45. The number of likely N-dealkylation sites (tertiary alicyclic amines) is 2. The number of piperidine rings is 2. The van der Waals surface area contributed by atoms with Crippen LogP contribution >= 0.6 is 0 Å². The summed E-state index contributed by atoms with van der Waals surface area (Å²) in [7, 11) is 0. The van der Waals surface area contributed by atoms with Crippen LogP contribution in [0.25, 0.3) is 0 Å². The van der Waals surface area contributed by atoms with Gasteiger partial charge in [-0.1, -0.05) is 61.0 Å². The molecule has 3 aromatic rings. The van der Waals surface area contributed by atoms with Crippen LogP contribution in [0.4, 0.5) is 0 Å². The molecule has 4 heterocycles. The summed E-state index contributed by atoms with van der Waals surface area (Å²) in [5.74, 6) is 1.95. The number of aryl methyl sites for hydroxylation is 1. The minimum Gasteiger partial charge on any atom is -0.492 e. The number of ether oxygens (including phenoxy) is 1. The van der Waals surface area contributed by atoms with Crippen LogP contribution in [0.3, 0.4) is 0 Å². The summed E-state index contributed by atoms with van der Waals surface area (Å²) in [4.78, 5) is 25.5. The third-order valence-electron chi connectivity index (χ3n) is 10.6. The minimum atomic E-state index is 0.231. The van der Waals surface area contributed by atoms with Crippen molar-refractivity contribution in [3.63, 3.8) is 0 Å². The molecule has 6 nitrogen and oxygen atoms in total. The molecule has 2 saturated heterocycles. The first-order valence-corrected chi connectivity index (χ1v) is 17.5. The minimum absolute atomic E-state index is 0.231. The van der Waals surface area contributed by atoms with Gasteiger partial charge in [0.1, 0.15) is 12.4 Å². The van der Waals surface area contributed by atoms with Crippen LogP contribution < -0.4 is 4.74 Å². The molecule has 0 bridgehead atoms. The molecule has 0 radical (unpaired) electrons. The van der Waals surface area contributed by atoms with Crippen molar-refractivity contribution in [1.29, 1.82) is 0 Å². The zero-order chi connectivity index (χ0) is 30.7. The highest BCUT2D eigenvalue weighted by atomic mass is 16.5. The van der Waals surface area contributed by atoms with Crippen molar-refractivity contribution >= 4 is 5.91 Å². The van der Waals surface area contributed by atoms with Gasteiger partial charge >= 0.3 is 0 Å². The second-order valence-corrected chi connectivity index (χ2v) is 13.8. The lowest BCUT2D eigenvalue weighted by atomic mass is 9.73. The number of para-hydroxylation sites is 1. The molecule has 6 rings (SSSR count). The number of benzene rings is 2. The van der Waals surface area contributed by atoms with Crippen LogP contribution in [0.5, 0.6) is 5.75 Å². The van der Waals surface area contributed by atoms with E-state index < -0.39 is 0 Å². The summed E-state index contributed by atoms with van der Waals surface area (Å²) in [6.45, 7) is 8.57. The third kappa shape index (κ3) is 9.17. The van der Waals surface area contributed by atoms with Gasteiger partial charge in [-0.3, -0.25) is 14.7 Å². The molecular formula is C39H52N4O2. The Morgan fingerprint density at radius 1 is 0.822 bits per heavy atom. The Balaban J connectivity index is 1.03. The van der Waals surface area contributed by atoms with E-state index in [1.807, 2.05) is 12.3 Å². The van der Waals surface area contributed by atoms with E-state index in [0.29, 0.717) is 18.4 Å². The molecule has 240 valence electrons. The number of carbonyl (C=O) groups excluding carboxylic acids is 1. The van der Waals surface area contributed by atoms with Gasteiger partial charge in [-0.25, -0.2) is 0 Å². The molecule has 1 amide bonds. The fourth-order valence-electron chi connectivity index (χ4n) is 7.80. The first kappa shape index (κ1) is 31.7. The SMILES string of the molecule is O=C(CC1CCN(CCc2ccccc2)CC1)N1CCC2(CCCCc3ccccc3OCCN(Cc3ccccn3)C2)CC1. The Kier molecular flexibility index (Phi) is 11.2. The van der Waals surface area contributed by atoms with Crippen molar-refractivity contribution in [2.75, 3.05) is 52.4 Å². The van der Waals surface area contributed by atoms with Crippen LogP contribution in [0, 0.1) is 11.3 Å². The molecule has 6 heteroatoms. The van der Waals surface area contributed by atoms with Crippen molar-refractivity contribution in [3.8, 4) is 5.75 Å². The van der Waals surface area contributed by atoms with E-state index in [1.54, 1.807) is 0 Å². The Hall–Kier alpha value is -3.22. The van der Waals surface area contributed by atoms with E-state index in [2.05, 4.69) is 86.4 Å². The van der Waals surface area contributed by atoms with E-state index in [0.717, 1.165) is 109 Å². The first-order chi connectivity index (χ1) is 22.1. The Labute approximate surface area is 270 Å². The highest BCUT2D eigenvalue weighted by Crippen LogP contribution is 2.39. The lowest BCUT2D eigenvalue weighted by Crippen LogP contribution is -2.49. The number of fused-ring (bicyclic) bond motifs is 1. The monoisotopic (exact) mass is 608 g/mol. The number of amides is 1. The standard InChI is InChI=1S/C39H52N4O2/c44-38(30-34-17-24-41(25-18-34)23-16-33-10-2-1-3-11-33)43-26-20-39(21-27-43)19-8-6-13-35-12-4-5-15-37(35)45-29-28-42(32-39)31-36-14-7-9-22-40-36/h1-5,7,9-12,14-15,22,34H,6,8,13,16-21,23-32H2. The summed E-state index contributed by atoms with van der Waals surface area (Å²) in [6.07, 6.45) is 12.9. The second-order valence-electron chi connectivity index (χ2n) is 13.8. The van der Waals surface area contributed by atoms with Crippen molar-refractivity contribution < 1.29 is 9.53 Å². The molecule has 1 aromatic heterocycles. The molecule has 3 aliphatic heterocycles. The third-order valence-corrected chi connectivity index (χ3v) is 10.6. The summed E-state index contributed by atoms with van der Waals surface area (Å²) in [5.41, 5.74) is 4.08. The average Bonchev–Trinajstić information content (AvgIpc) is 3.08. The molecule has 3 aliphatic rings. The van der Waals surface area contributed by atoms with Gasteiger partial charge in [0, 0.05) is 51.9 Å². The number of nitrogens with zero attached hydrogens (tertiary/aromatic N) is 4. The van der Waals surface area contributed by atoms with Gasteiger partial charge in [-0.2, -0.15) is 0 Å². The van der Waals surface area contributed by atoms with E-state index in [9.17, 15) is 4.79 Å². The van der Waals surface area contributed by atoms with Gasteiger partial charge in [0.05, 0.1) is 5.69 Å². The average molecular weight is 609 g/mol. The maximum atomic E-state index is 13.5. The topological polar surface area (TPSA) is 48.9 Å². The molecule has 0 atom stereocenters. The summed E-state index contributed by atoms with van der Waals surface area (Å²) < 4.78 is 6.35. The van der Waals surface area contributed by atoms with Gasteiger partial charge in [0.15, 0.2) is 0 Å². The smallest absolute Gasteiger partial charge is 0.222 e. The van der Waals surface area contributed by atoms with Crippen LogP contribution in [-0.4, -0.2) is 78.0 Å². The summed E-state index contributed by atoms with van der Waals surface area (Å²) in [5, 5.41) is 0. The predicted octanol–water partition coefficient (Wildman–Crippen LogP) is 6.64. The van der Waals surface area contributed by atoms with E-state index in [1.165, 1.54) is 30.4 Å². The van der Waals surface area contributed by atoms with Gasteiger partial charge < -0.3 is 14.5 Å². The molecular weight excluding hydrogens is 556 g/mol. The van der Waals surface area contributed by atoms with Crippen LogP contribution in [0.2, 0.25) is 0 Å². The predicted molar refractivity (Wildman–Crippen MR) is 181 cm³/mol. The Morgan fingerprint density at radius 3 is 2.40 bits per heavy atom. The van der Waals surface area contributed by atoms with Crippen LogP contribution in [-0.2, 0) is 24.2 Å². The van der Waals surface area contributed by atoms with Crippen LogP contribution in [0.1, 0.15) is 68.2 Å². The highest BCUT2D eigenvalue weighted by Gasteiger charge is 2.37. The maximum absolute atomic E-state index is 13.5. The highest BCUT2D eigenvalue weighted by molar-refractivity contribution is 5.76. The zero-order valence-corrected chi connectivity index (χ0v) is 27.1. The van der Waals surface area contributed by atoms with Crippen molar-refractivity contribution in [2.24, 2.45) is 11.3 Å². The number of carbonyl (C=O) groups is 1. The van der Waals surface area contributed by atoms with Crippen LogP contribution in [0.15, 0.2) is 79.0 Å². The maximum Gasteiger partial charge on any atom is 0.222 e. The van der Waals surface area contributed by atoms with Crippen molar-refractivity contribution in [2.45, 2.75) is 70.8 Å². The van der Waals surface area contributed by atoms with Crippen molar-refractivity contribution in [1.82, 2.24) is 19.7 Å². The molecule has 45 heavy (non-hydrogen) atoms. The van der Waals surface area contributed by atoms with E-state index >= 15 is 0 Å². The summed E-state index contributed by atoms with van der Waals surface area (Å²) >= 11 is 0. The Bertz CT molecular complexity index is 1320. The largest absolute Gasteiger partial charge is 0.492 e. The van der Waals surface area contributed by atoms with E-state index in [4.69, 9.17) is 4.74 Å². The molecule has 0 unspecified atom stereocenters. The lowest BCUT2D eigenvalue weighted by molar-refractivity contribution is -0.135. The van der Waals surface area contributed by atoms with Crippen molar-refractivity contribution in [3.05, 3.63) is 95.8 Å². The fraction of sp³-hybridized carbons (Fsp3) is 0.538. The fourth-order valence-corrected chi connectivity index (χ4v) is 7.80. The molecule has 2 aromatic carbocycles. The summed E-state index contributed by atoms with van der Waals surface area (Å²) in [6, 6.07) is 25.6. The normalized spacial score (nSPS) is 20.5. The van der Waals surface area contributed by atoms with Gasteiger partial charge in [0.2, 0.25) is 5.91 Å². The number of hydrogen-bond donors (Lipinski definition) is 0. The molecule has 0 N–H and O–H groups in total. The van der Waals surface area contributed by atoms with Gasteiger partial charge in [-0.05, 0) is 105 Å². The van der Waals surface area contributed by atoms with Gasteiger partial charge in [-0.15, -0.1) is 0 Å². The first-order valence-electron chi connectivity index (χ1n) is 17.5. The molecule has 1 spiro atoms. The van der Waals surface area contributed by atoms with E-state index in [-0.39, 0.29) is 5.41 Å². The number of rotatable bonds is 7. The number of hydrogen-bond acceptors (Lipinski definition) is 5.